The molecule has 1 aromatic carbocycles. The predicted octanol–water partition coefficient (Wildman–Crippen LogP) is 4.13. The molecule has 0 aromatic heterocycles. The first kappa shape index (κ1) is 11.3. The number of benzene rings is 1. The Balaban J connectivity index is 2.79. The lowest BCUT2D eigenvalue weighted by Crippen LogP contribution is -2.11. The molecule has 77 valence electrons. The first-order chi connectivity index (χ1) is 6.54. The Labute approximate surface area is 88.4 Å². The average Bonchev–Trinajstić information content (AvgIpc) is 2.14. The van der Waals surface area contributed by atoms with Crippen molar-refractivity contribution < 1.29 is 0 Å². The normalized spacial score (nSPS) is 11.7. The quantitative estimate of drug-likeness (QED) is 0.670. The Morgan fingerprint density at radius 2 is 2.00 bits per heavy atom. The fourth-order valence-corrected chi connectivity index (χ4v) is 1.49. The van der Waals surface area contributed by atoms with Crippen LogP contribution < -0.4 is 0 Å². The Bertz CT molecular complexity index is 278. The molecule has 0 aliphatic heterocycles. The van der Waals surface area contributed by atoms with Crippen LogP contribution in [-0.2, 0) is 11.8 Å². The standard InChI is InChI=1S/C14H21/c1-5-6-8-12-9-7-10-13(11-12)14(2,3)4/h7,10-11H,5-6,8H2,1-4H3. The first-order valence-electron chi connectivity index (χ1n) is 5.55. The van der Waals surface area contributed by atoms with Gasteiger partial charge < -0.3 is 0 Å². The maximum atomic E-state index is 3.32. The maximum Gasteiger partial charge on any atom is -0.0132 e. The molecule has 0 atom stereocenters. The summed E-state index contributed by atoms with van der Waals surface area (Å²) in [5.74, 6) is 0. The summed E-state index contributed by atoms with van der Waals surface area (Å²) in [6.07, 6.45) is 3.69. The van der Waals surface area contributed by atoms with Crippen LogP contribution in [0.3, 0.4) is 0 Å². The second kappa shape index (κ2) is 4.63. The minimum Gasteiger partial charge on any atom is -0.0654 e. The van der Waals surface area contributed by atoms with E-state index < -0.39 is 0 Å². The lowest BCUT2D eigenvalue weighted by atomic mass is 9.86. The van der Waals surface area contributed by atoms with Gasteiger partial charge in [0.15, 0.2) is 0 Å². The van der Waals surface area contributed by atoms with E-state index in [1.54, 1.807) is 0 Å². The van der Waals surface area contributed by atoms with E-state index in [1.165, 1.54) is 30.4 Å². The van der Waals surface area contributed by atoms with E-state index in [9.17, 15) is 0 Å². The van der Waals surface area contributed by atoms with Crippen LogP contribution in [0, 0.1) is 6.07 Å². The first-order valence-corrected chi connectivity index (χ1v) is 5.55. The lowest BCUT2D eigenvalue weighted by molar-refractivity contribution is 0.589. The molecular weight excluding hydrogens is 168 g/mol. The molecule has 0 saturated carbocycles. The second-order valence-electron chi connectivity index (χ2n) is 4.96. The van der Waals surface area contributed by atoms with Gasteiger partial charge in [-0.2, -0.15) is 0 Å². The summed E-state index contributed by atoms with van der Waals surface area (Å²) in [6, 6.07) is 9.85. The zero-order valence-electron chi connectivity index (χ0n) is 9.85. The molecule has 0 unspecified atom stereocenters. The van der Waals surface area contributed by atoms with Crippen LogP contribution in [0.25, 0.3) is 0 Å². The minimum atomic E-state index is 0.260. The van der Waals surface area contributed by atoms with Crippen LogP contribution in [0.5, 0.6) is 0 Å². The maximum absolute atomic E-state index is 3.32. The van der Waals surface area contributed by atoms with Crippen LogP contribution in [0.2, 0.25) is 0 Å². The fraction of sp³-hybridized carbons (Fsp3) is 0.571. The molecule has 0 heterocycles. The van der Waals surface area contributed by atoms with Crippen molar-refractivity contribution in [2.24, 2.45) is 0 Å². The van der Waals surface area contributed by atoms with Gasteiger partial charge in [-0.25, -0.2) is 0 Å². The molecule has 1 rings (SSSR count). The highest BCUT2D eigenvalue weighted by molar-refractivity contribution is 5.27. The highest BCUT2D eigenvalue weighted by atomic mass is 14.2. The summed E-state index contributed by atoms with van der Waals surface area (Å²) in [7, 11) is 0. The van der Waals surface area contributed by atoms with Crippen molar-refractivity contribution >= 4 is 0 Å². The largest absolute Gasteiger partial charge is 0.0654 e. The van der Waals surface area contributed by atoms with Gasteiger partial charge in [-0.15, -0.1) is 0 Å². The zero-order valence-corrected chi connectivity index (χ0v) is 9.85. The van der Waals surface area contributed by atoms with Crippen LogP contribution in [0.15, 0.2) is 18.2 Å². The van der Waals surface area contributed by atoms with Gasteiger partial charge in [-0.1, -0.05) is 52.3 Å². The van der Waals surface area contributed by atoms with Crippen LogP contribution in [0.4, 0.5) is 0 Å². The minimum absolute atomic E-state index is 0.260. The van der Waals surface area contributed by atoms with Crippen LogP contribution >= 0.6 is 0 Å². The number of aryl methyl sites for hydroxylation is 1. The van der Waals surface area contributed by atoms with Crippen molar-refractivity contribution in [3.8, 4) is 0 Å². The highest BCUT2D eigenvalue weighted by Crippen LogP contribution is 2.23. The van der Waals surface area contributed by atoms with E-state index in [0.717, 1.165) is 0 Å². The van der Waals surface area contributed by atoms with Crippen molar-refractivity contribution in [2.45, 2.75) is 52.4 Å². The van der Waals surface area contributed by atoms with Gasteiger partial charge in [0.2, 0.25) is 0 Å². The molecule has 1 aromatic rings. The fourth-order valence-electron chi connectivity index (χ4n) is 1.49. The number of hydrogen-bond donors (Lipinski definition) is 0. The molecule has 0 saturated heterocycles. The second-order valence-corrected chi connectivity index (χ2v) is 4.96. The summed E-state index contributed by atoms with van der Waals surface area (Å²) < 4.78 is 0. The van der Waals surface area contributed by atoms with E-state index in [2.05, 4.69) is 52.0 Å². The zero-order chi connectivity index (χ0) is 10.6. The predicted molar refractivity (Wildman–Crippen MR) is 62.6 cm³/mol. The highest BCUT2D eigenvalue weighted by Gasteiger charge is 2.13. The van der Waals surface area contributed by atoms with Gasteiger partial charge in [-0.05, 0) is 35.4 Å². The third-order valence-corrected chi connectivity index (χ3v) is 2.53. The molecule has 0 aliphatic rings. The van der Waals surface area contributed by atoms with Gasteiger partial charge in [-0.3, -0.25) is 0 Å². The summed E-state index contributed by atoms with van der Waals surface area (Å²) in [6.45, 7) is 9.00. The summed E-state index contributed by atoms with van der Waals surface area (Å²) in [4.78, 5) is 0. The number of rotatable bonds is 3. The Kier molecular flexibility index (Phi) is 3.74. The van der Waals surface area contributed by atoms with Crippen molar-refractivity contribution in [1.29, 1.82) is 0 Å². The van der Waals surface area contributed by atoms with Gasteiger partial charge in [0.1, 0.15) is 0 Å². The van der Waals surface area contributed by atoms with E-state index in [4.69, 9.17) is 0 Å². The molecule has 14 heavy (non-hydrogen) atoms. The van der Waals surface area contributed by atoms with Crippen molar-refractivity contribution in [3.63, 3.8) is 0 Å². The summed E-state index contributed by atoms with van der Waals surface area (Å²) >= 11 is 0. The average molecular weight is 189 g/mol. The molecule has 0 bridgehead atoms. The Hall–Kier alpha value is -0.780. The molecule has 0 fully saturated rings. The van der Waals surface area contributed by atoms with Gasteiger partial charge in [0.05, 0.1) is 0 Å². The number of hydrogen-bond acceptors (Lipinski definition) is 0. The molecular formula is C14H21. The van der Waals surface area contributed by atoms with E-state index >= 15 is 0 Å². The van der Waals surface area contributed by atoms with Gasteiger partial charge in [0.25, 0.3) is 0 Å². The monoisotopic (exact) mass is 189 g/mol. The summed E-state index contributed by atoms with van der Waals surface area (Å²) in [5, 5.41) is 0. The SMILES string of the molecule is CCCCc1[c]ccc(C(C)(C)C)c1. The van der Waals surface area contributed by atoms with E-state index in [1.807, 2.05) is 0 Å². The molecule has 0 amide bonds. The van der Waals surface area contributed by atoms with Crippen molar-refractivity contribution in [2.75, 3.05) is 0 Å². The van der Waals surface area contributed by atoms with Gasteiger partial charge in [0, 0.05) is 0 Å². The van der Waals surface area contributed by atoms with Crippen molar-refractivity contribution in [3.05, 3.63) is 35.4 Å². The number of unbranched alkanes of at least 4 members (excludes halogenated alkanes) is 1. The topological polar surface area (TPSA) is 0 Å². The third kappa shape index (κ3) is 3.17. The van der Waals surface area contributed by atoms with Crippen LogP contribution in [0.1, 0.15) is 51.7 Å². The van der Waals surface area contributed by atoms with Gasteiger partial charge >= 0.3 is 0 Å². The van der Waals surface area contributed by atoms with Crippen LogP contribution in [-0.4, -0.2) is 0 Å². The third-order valence-electron chi connectivity index (χ3n) is 2.53. The molecule has 0 N–H and O–H groups in total. The lowest BCUT2D eigenvalue weighted by Gasteiger charge is -2.19. The Morgan fingerprint density at radius 3 is 2.57 bits per heavy atom. The van der Waals surface area contributed by atoms with E-state index in [0.29, 0.717) is 0 Å². The smallest absolute Gasteiger partial charge is 0.0132 e. The molecule has 0 spiro atoms. The Morgan fingerprint density at radius 1 is 1.29 bits per heavy atom. The molecule has 0 nitrogen and oxygen atoms in total. The summed E-state index contributed by atoms with van der Waals surface area (Å²) in [5.41, 5.74) is 3.04. The molecule has 0 aliphatic carbocycles. The molecule has 0 heteroatoms. The molecule has 1 radical (unpaired) electrons. The van der Waals surface area contributed by atoms with Crippen molar-refractivity contribution in [1.82, 2.24) is 0 Å². The van der Waals surface area contributed by atoms with E-state index in [-0.39, 0.29) is 5.41 Å².